The van der Waals surface area contributed by atoms with Gasteiger partial charge >= 0.3 is 0 Å². The van der Waals surface area contributed by atoms with E-state index in [-0.39, 0.29) is 18.2 Å². The molecule has 0 saturated heterocycles. The highest BCUT2D eigenvalue weighted by molar-refractivity contribution is 9.28. The van der Waals surface area contributed by atoms with Gasteiger partial charge in [-0.3, -0.25) is 15.1 Å². The summed E-state index contributed by atoms with van der Waals surface area (Å²) in [6.45, 7) is 4.21. The van der Waals surface area contributed by atoms with Crippen LogP contribution >= 0.6 is 31.9 Å². The van der Waals surface area contributed by atoms with Gasteiger partial charge in [-0.25, -0.2) is 0 Å². The predicted molar refractivity (Wildman–Crippen MR) is 123 cm³/mol. The van der Waals surface area contributed by atoms with Crippen molar-refractivity contribution in [3.8, 4) is 0 Å². The van der Waals surface area contributed by atoms with Crippen molar-refractivity contribution in [2.45, 2.75) is 6.61 Å². The van der Waals surface area contributed by atoms with Gasteiger partial charge in [-0.05, 0) is 60.7 Å². The second-order valence-electron chi connectivity index (χ2n) is 5.79. The molecule has 0 bridgehead atoms. The van der Waals surface area contributed by atoms with E-state index in [1.165, 1.54) is 14.2 Å². The largest absolute Gasteiger partial charge is 0.398 e. The van der Waals surface area contributed by atoms with Gasteiger partial charge in [0.1, 0.15) is 13.7 Å². The first kappa shape index (κ1) is 22.9. The zero-order valence-electron chi connectivity index (χ0n) is 16.0. The second kappa shape index (κ2) is 11.5. The highest BCUT2D eigenvalue weighted by atomic mass is 79.9. The van der Waals surface area contributed by atoms with Gasteiger partial charge < -0.3 is 10.2 Å². The third kappa shape index (κ3) is 6.85. The summed E-state index contributed by atoms with van der Waals surface area (Å²) in [5.41, 5.74) is 6.93. The van der Waals surface area contributed by atoms with Gasteiger partial charge in [0.25, 0.3) is 5.91 Å². The molecule has 0 radical (unpaired) electrons. The molecular formula is C21H21Br2N3O3. The molecule has 1 amide bonds. The first-order chi connectivity index (χ1) is 14.0. The Morgan fingerprint density at radius 2 is 1.97 bits per heavy atom. The number of likely N-dealkylation sites (N-methyl/N-ethyl adjacent to an activating group) is 1. The monoisotopic (exact) mass is 521 g/mol. The third-order valence-electron chi connectivity index (χ3n) is 3.83. The molecular weight excluding hydrogens is 502 g/mol. The van der Waals surface area contributed by atoms with Crippen LogP contribution in [0.2, 0.25) is 0 Å². The lowest BCUT2D eigenvalue weighted by atomic mass is 10.0. The van der Waals surface area contributed by atoms with Crippen LogP contribution in [0, 0.1) is 0 Å². The summed E-state index contributed by atoms with van der Waals surface area (Å²) < 4.78 is 0.846. The van der Waals surface area contributed by atoms with Crippen molar-refractivity contribution in [2.24, 2.45) is 5.16 Å². The maximum Gasteiger partial charge on any atom is 0.273 e. The van der Waals surface area contributed by atoms with Crippen LogP contribution in [0.4, 0.5) is 0 Å². The van der Waals surface area contributed by atoms with Crippen molar-refractivity contribution >= 4 is 55.3 Å². The minimum atomic E-state index is -0.348. The standard InChI is InChI=1S/C21H21Br2N3O3/c1-14(16-9-6-7-15(11-16)12-19(22)23)25-29-13-17-8-4-5-10-18(17)20(26-28-3)21(27)24-2/h4-12,25H,1,13H2,2-3H3,(H,24,27). The van der Waals surface area contributed by atoms with Crippen LogP contribution in [-0.4, -0.2) is 25.8 Å². The number of hydrogen-bond acceptors (Lipinski definition) is 5. The molecule has 0 saturated carbocycles. The molecule has 0 unspecified atom stereocenters. The molecule has 8 heteroatoms. The zero-order chi connectivity index (χ0) is 21.2. The molecule has 2 aromatic rings. The quantitative estimate of drug-likeness (QED) is 0.374. The lowest BCUT2D eigenvalue weighted by Crippen LogP contribution is -2.29. The summed E-state index contributed by atoms with van der Waals surface area (Å²) >= 11 is 6.71. The van der Waals surface area contributed by atoms with Crippen molar-refractivity contribution in [1.82, 2.24) is 10.8 Å². The Hall–Kier alpha value is -2.42. The van der Waals surface area contributed by atoms with E-state index in [0.29, 0.717) is 11.3 Å². The average Bonchev–Trinajstić information content (AvgIpc) is 2.71. The van der Waals surface area contributed by atoms with Gasteiger partial charge in [-0.1, -0.05) is 54.2 Å². The van der Waals surface area contributed by atoms with E-state index in [2.05, 4.69) is 54.4 Å². The molecule has 0 aliphatic rings. The Bertz CT molecular complexity index is 938. The number of carbonyl (C=O) groups excluding carboxylic acids is 1. The lowest BCUT2D eigenvalue weighted by Gasteiger charge is -2.13. The topological polar surface area (TPSA) is 71.9 Å². The van der Waals surface area contributed by atoms with Gasteiger partial charge in [0.05, 0.1) is 9.09 Å². The van der Waals surface area contributed by atoms with E-state index in [0.717, 1.165) is 20.1 Å². The summed E-state index contributed by atoms with van der Waals surface area (Å²) in [6, 6.07) is 15.1. The average molecular weight is 523 g/mol. The Morgan fingerprint density at radius 3 is 2.66 bits per heavy atom. The summed E-state index contributed by atoms with van der Waals surface area (Å²) in [6.07, 6.45) is 1.93. The number of benzene rings is 2. The van der Waals surface area contributed by atoms with E-state index < -0.39 is 0 Å². The fraction of sp³-hybridized carbons (Fsp3) is 0.143. The number of hydroxylamine groups is 1. The molecule has 2 aromatic carbocycles. The SMILES string of the molecule is C=C(NOCc1ccccc1C(=NOC)C(=O)NC)c1cccc(C=C(Br)Br)c1. The highest BCUT2D eigenvalue weighted by Gasteiger charge is 2.17. The molecule has 0 heterocycles. The molecule has 29 heavy (non-hydrogen) atoms. The van der Waals surface area contributed by atoms with E-state index in [1.54, 1.807) is 6.07 Å². The summed E-state index contributed by atoms with van der Waals surface area (Å²) in [7, 11) is 2.93. The van der Waals surface area contributed by atoms with Crippen molar-refractivity contribution in [3.63, 3.8) is 0 Å². The van der Waals surface area contributed by atoms with Crippen LogP contribution in [0.15, 0.2) is 63.7 Å². The lowest BCUT2D eigenvalue weighted by molar-refractivity contribution is -0.114. The predicted octanol–water partition coefficient (Wildman–Crippen LogP) is 4.56. The van der Waals surface area contributed by atoms with E-state index in [9.17, 15) is 4.79 Å². The molecule has 2 N–H and O–H groups in total. The number of carbonyl (C=O) groups is 1. The number of oxime groups is 1. The van der Waals surface area contributed by atoms with Crippen molar-refractivity contribution in [2.75, 3.05) is 14.2 Å². The maximum atomic E-state index is 12.1. The van der Waals surface area contributed by atoms with E-state index in [4.69, 9.17) is 9.68 Å². The van der Waals surface area contributed by atoms with Crippen LogP contribution in [0.3, 0.4) is 0 Å². The Labute approximate surface area is 186 Å². The normalized spacial score (nSPS) is 10.8. The molecule has 0 atom stereocenters. The van der Waals surface area contributed by atoms with Crippen LogP contribution in [0.5, 0.6) is 0 Å². The molecule has 0 aliphatic heterocycles. The number of nitrogens with one attached hydrogen (secondary N) is 2. The number of nitrogens with zero attached hydrogens (tertiary/aromatic N) is 1. The summed E-state index contributed by atoms with van der Waals surface area (Å²) in [5, 5.41) is 6.41. The highest BCUT2D eigenvalue weighted by Crippen LogP contribution is 2.20. The van der Waals surface area contributed by atoms with Crippen LogP contribution in [-0.2, 0) is 21.1 Å². The molecule has 0 spiro atoms. The van der Waals surface area contributed by atoms with Gasteiger partial charge in [-0.2, -0.15) is 0 Å². The molecule has 0 fully saturated rings. The number of halogens is 2. The van der Waals surface area contributed by atoms with Gasteiger partial charge in [0.2, 0.25) is 0 Å². The van der Waals surface area contributed by atoms with Crippen LogP contribution in [0.1, 0.15) is 22.3 Å². The minimum Gasteiger partial charge on any atom is -0.398 e. The first-order valence-corrected chi connectivity index (χ1v) is 10.2. The van der Waals surface area contributed by atoms with Gasteiger partial charge in [0.15, 0.2) is 5.71 Å². The molecule has 0 aromatic heterocycles. The maximum absolute atomic E-state index is 12.1. The number of hydrogen-bond donors (Lipinski definition) is 2. The van der Waals surface area contributed by atoms with Crippen LogP contribution < -0.4 is 10.8 Å². The van der Waals surface area contributed by atoms with Gasteiger partial charge in [0, 0.05) is 12.6 Å². The van der Waals surface area contributed by atoms with Crippen molar-refractivity contribution in [1.29, 1.82) is 0 Å². The molecule has 152 valence electrons. The Morgan fingerprint density at radius 1 is 1.21 bits per heavy atom. The summed E-state index contributed by atoms with van der Waals surface area (Å²) in [5.74, 6) is -0.348. The zero-order valence-corrected chi connectivity index (χ0v) is 19.2. The van der Waals surface area contributed by atoms with Crippen LogP contribution in [0.25, 0.3) is 11.8 Å². The fourth-order valence-electron chi connectivity index (χ4n) is 2.50. The van der Waals surface area contributed by atoms with Crippen molar-refractivity contribution < 1.29 is 14.5 Å². The first-order valence-electron chi connectivity index (χ1n) is 8.57. The third-order valence-corrected chi connectivity index (χ3v) is 4.29. The Balaban J connectivity index is 2.10. The smallest absolute Gasteiger partial charge is 0.273 e. The summed E-state index contributed by atoms with van der Waals surface area (Å²) in [4.78, 5) is 22.6. The minimum absolute atomic E-state index is 0.174. The fourth-order valence-corrected chi connectivity index (χ4v) is 3.03. The molecule has 6 nitrogen and oxygen atoms in total. The Kier molecular flexibility index (Phi) is 9.11. The second-order valence-corrected chi connectivity index (χ2v) is 8.56. The number of rotatable bonds is 9. The van der Waals surface area contributed by atoms with Gasteiger partial charge in [-0.15, -0.1) is 0 Å². The number of amides is 1. The van der Waals surface area contributed by atoms with Crippen molar-refractivity contribution in [3.05, 3.63) is 80.8 Å². The van der Waals surface area contributed by atoms with E-state index in [1.807, 2.05) is 48.5 Å². The van der Waals surface area contributed by atoms with E-state index >= 15 is 0 Å². The molecule has 0 aliphatic carbocycles. The molecule has 2 rings (SSSR count).